The summed E-state index contributed by atoms with van der Waals surface area (Å²) in [6.45, 7) is 13.2. The van der Waals surface area contributed by atoms with Crippen molar-refractivity contribution in [1.82, 2.24) is 0 Å². The average molecular weight is 294 g/mol. The molecule has 0 bridgehead atoms. The Bertz CT molecular complexity index is 444. The molecule has 3 nitrogen and oxygen atoms in total. The Hall–Kier alpha value is -1.29. The highest BCUT2D eigenvalue weighted by Crippen LogP contribution is 2.37. The third-order valence-corrected chi connectivity index (χ3v) is 8.15. The highest BCUT2D eigenvalue weighted by molar-refractivity contribution is 6.74. The monoisotopic (exact) mass is 294 g/mol. The number of carbonyl (C=O) groups is 1. The van der Waals surface area contributed by atoms with Gasteiger partial charge in [-0.2, -0.15) is 0 Å². The smallest absolute Gasteiger partial charge is 0.305 e. The van der Waals surface area contributed by atoms with Crippen molar-refractivity contribution >= 4 is 14.3 Å². The van der Waals surface area contributed by atoms with Crippen molar-refractivity contribution < 1.29 is 14.0 Å². The van der Waals surface area contributed by atoms with Gasteiger partial charge in [0.1, 0.15) is 12.4 Å². The van der Waals surface area contributed by atoms with Crippen LogP contribution in [0, 0.1) is 0 Å². The largest absolute Gasteiger partial charge is 0.544 e. The van der Waals surface area contributed by atoms with Crippen LogP contribution in [0.25, 0.3) is 0 Å². The van der Waals surface area contributed by atoms with Crippen molar-refractivity contribution in [3.05, 3.63) is 29.8 Å². The van der Waals surface area contributed by atoms with Crippen molar-refractivity contribution in [2.45, 2.75) is 58.9 Å². The molecule has 0 fully saturated rings. The lowest BCUT2D eigenvalue weighted by Crippen LogP contribution is -2.43. The molecule has 0 atom stereocenters. The molecule has 0 unspecified atom stereocenters. The summed E-state index contributed by atoms with van der Waals surface area (Å²) >= 11 is 0. The van der Waals surface area contributed by atoms with E-state index in [1.807, 2.05) is 24.3 Å². The number of ether oxygens (including phenoxy) is 1. The maximum atomic E-state index is 11.1. The van der Waals surface area contributed by atoms with Gasteiger partial charge >= 0.3 is 5.97 Å². The van der Waals surface area contributed by atoms with Crippen LogP contribution in [0.3, 0.4) is 0 Å². The van der Waals surface area contributed by atoms with Crippen LogP contribution in [0.4, 0.5) is 0 Å². The number of hydrogen-bond donors (Lipinski definition) is 0. The van der Waals surface area contributed by atoms with Crippen LogP contribution in [0.2, 0.25) is 18.1 Å². The predicted molar refractivity (Wildman–Crippen MR) is 84.4 cm³/mol. The summed E-state index contributed by atoms with van der Waals surface area (Å²) in [5.74, 6) is 0.716. The Morgan fingerprint density at radius 3 is 2.15 bits per heavy atom. The minimum Gasteiger partial charge on any atom is -0.544 e. The maximum Gasteiger partial charge on any atom is 0.305 e. The molecule has 0 saturated heterocycles. The van der Waals surface area contributed by atoms with E-state index in [9.17, 15) is 4.79 Å². The second-order valence-electron chi connectivity index (χ2n) is 6.52. The first-order valence-electron chi connectivity index (χ1n) is 7.09. The van der Waals surface area contributed by atoms with Crippen molar-refractivity contribution in [2.24, 2.45) is 0 Å². The molecule has 1 aromatic carbocycles. The zero-order chi connectivity index (χ0) is 15.4. The molecule has 0 N–H and O–H groups in total. The van der Waals surface area contributed by atoms with E-state index in [1.54, 1.807) is 6.92 Å². The van der Waals surface area contributed by atoms with Crippen LogP contribution in [-0.4, -0.2) is 14.3 Å². The van der Waals surface area contributed by atoms with Crippen molar-refractivity contribution in [3.8, 4) is 5.75 Å². The molecule has 20 heavy (non-hydrogen) atoms. The second kappa shape index (κ2) is 6.44. The van der Waals surface area contributed by atoms with Crippen LogP contribution >= 0.6 is 0 Å². The van der Waals surface area contributed by atoms with Crippen molar-refractivity contribution in [1.29, 1.82) is 0 Å². The number of benzene rings is 1. The van der Waals surface area contributed by atoms with Gasteiger partial charge in [-0.1, -0.05) is 39.8 Å². The van der Waals surface area contributed by atoms with Crippen LogP contribution in [0.1, 0.15) is 39.7 Å². The van der Waals surface area contributed by atoms with Gasteiger partial charge < -0.3 is 9.16 Å². The molecule has 0 heterocycles. The minimum absolute atomic E-state index is 0.174. The van der Waals surface area contributed by atoms with Gasteiger partial charge in [0, 0.05) is 6.42 Å². The van der Waals surface area contributed by atoms with E-state index in [0.29, 0.717) is 13.0 Å². The summed E-state index contributed by atoms with van der Waals surface area (Å²) < 4.78 is 11.3. The molecule has 0 saturated carbocycles. The fourth-order valence-corrected chi connectivity index (χ4v) is 2.40. The van der Waals surface area contributed by atoms with E-state index in [2.05, 4.69) is 33.9 Å². The van der Waals surface area contributed by atoms with Gasteiger partial charge in [0.25, 0.3) is 0 Å². The highest BCUT2D eigenvalue weighted by atomic mass is 28.4. The lowest BCUT2D eigenvalue weighted by Gasteiger charge is -2.36. The topological polar surface area (TPSA) is 35.5 Å². The van der Waals surface area contributed by atoms with Gasteiger partial charge in [0.15, 0.2) is 0 Å². The third kappa shape index (κ3) is 4.67. The standard InChI is InChI=1S/C16H26O3Si/c1-7-15(17)18-12-13-8-10-14(11-9-13)19-20(5,6)16(2,3)4/h8-11H,7,12H2,1-6H3. The Kier molecular flexibility index (Phi) is 5.40. The summed E-state index contributed by atoms with van der Waals surface area (Å²) in [5.41, 5.74) is 0.981. The van der Waals surface area contributed by atoms with Crippen molar-refractivity contribution in [2.75, 3.05) is 0 Å². The number of esters is 1. The van der Waals surface area contributed by atoms with Gasteiger partial charge in [-0.15, -0.1) is 0 Å². The van der Waals surface area contributed by atoms with Crippen LogP contribution in [0.15, 0.2) is 24.3 Å². The van der Waals surface area contributed by atoms with E-state index >= 15 is 0 Å². The molecule has 0 aliphatic heterocycles. The summed E-state index contributed by atoms with van der Waals surface area (Å²) in [4.78, 5) is 11.1. The first kappa shape index (κ1) is 16.8. The summed E-state index contributed by atoms with van der Waals surface area (Å²) in [6.07, 6.45) is 0.409. The molecule has 0 aromatic heterocycles. The molecule has 0 spiro atoms. The quantitative estimate of drug-likeness (QED) is 0.591. The Morgan fingerprint density at radius 1 is 1.15 bits per heavy atom. The average Bonchev–Trinajstić information content (AvgIpc) is 2.35. The highest BCUT2D eigenvalue weighted by Gasteiger charge is 2.38. The van der Waals surface area contributed by atoms with Gasteiger partial charge in [0.2, 0.25) is 8.32 Å². The first-order chi connectivity index (χ1) is 9.15. The predicted octanol–water partition coefficient (Wildman–Crippen LogP) is 4.52. The number of hydrogen-bond acceptors (Lipinski definition) is 3. The molecule has 0 radical (unpaired) electrons. The SMILES string of the molecule is CCC(=O)OCc1ccc(O[Si](C)(C)C(C)(C)C)cc1. The lowest BCUT2D eigenvalue weighted by molar-refractivity contribution is -0.144. The minimum atomic E-state index is -1.79. The molecule has 0 aliphatic carbocycles. The fraction of sp³-hybridized carbons (Fsp3) is 0.562. The van der Waals surface area contributed by atoms with E-state index in [4.69, 9.17) is 9.16 Å². The van der Waals surface area contributed by atoms with Gasteiger partial charge in [-0.05, 0) is 35.8 Å². The number of rotatable bonds is 5. The zero-order valence-corrected chi connectivity index (χ0v) is 14.4. The third-order valence-electron chi connectivity index (χ3n) is 3.79. The van der Waals surface area contributed by atoms with E-state index in [1.165, 1.54) is 0 Å². The van der Waals surface area contributed by atoms with E-state index in [-0.39, 0.29) is 11.0 Å². The zero-order valence-electron chi connectivity index (χ0n) is 13.4. The Morgan fingerprint density at radius 2 is 1.70 bits per heavy atom. The first-order valence-corrected chi connectivity index (χ1v) is 10.00. The lowest BCUT2D eigenvalue weighted by atomic mass is 10.2. The Balaban J connectivity index is 2.65. The molecule has 0 aliphatic rings. The molecular weight excluding hydrogens is 268 g/mol. The molecule has 1 rings (SSSR count). The van der Waals surface area contributed by atoms with Crippen LogP contribution in [0.5, 0.6) is 5.75 Å². The maximum absolute atomic E-state index is 11.1. The molecule has 0 amide bonds. The molecule has 4 heteroatoms. The molecule has 112 valence electrons. The fourth-order valence-electron chi connectivity index (χ4n) is 1.37. The van der Waals surface area contributed by atoms with Crippen molar-refractivity contribution in [3.63, 3.8) is 0 Å². The van der Waals surface area contributed by atoms with Crippen LogP contribution < -0.4 is 4.43 Å². The van der Waals surface area contributed by atoms with Gasteiger partial charge in [0.05, 0.1) is 0 Å². The summed E-state index contributed by atoms with van der Waals surface area (Å²) in [6, 6.07) is 7.81. The molecule has 1 aromatic rings. The van der Waals surface area contributed by atoms with Gasteiger partial charge in [-0.3, -0.25) is 4.79 Å². The van der Waals surface area contributed by atoms with E-state index < -0.39 is 8.32 Å². The van der Waals surface area contributed by atoms with E-state index in [0.717, 1.165) is 11.3 Å². The number of carbonyl (C=O) groups excluding carboxylic acids is 1. The normalized spacial score (nSPS) is 12.1. The second-order valence-corrected chi connectivity index (χ2v) is 11.2. The summed E-state index contributed by atoms with van der Waals surface area (Å²) in [7, 11) is -1.79. The summed E-state index contributed by atoms with van der Waals surface area (Å²) in [5, 5.41) is 0.183. The Labute approximate surface area is 123 Å². The van der Waals surface area contributed by atoms with Gasteiger partial charge in [-0.25, -0.2) is 0 Å². The van der Waals surface area contributed by atoms with Crippen LogP contribution in [-0.2, 0) is 16.1 Å². The molecular formula is C16H26O3Si.